The molecule has 0 bridgehead atoms. The molecule has 1 aliphatic carbocycles. The Morgan fingerprint density at radius 2 is 1.66 bits per heavy atom. The summed E-state index contributed by atoms with van der Waals surface area (Å²) >= 11 is 10.8. The molecular weight excluding hydrogens is 492 g/mol. The van der Waals surface area contributed by atoms with Gasteiger partial charge in [-0.05, 0) is 54.8 Å². The van der Waals surface area contributed by atoms with Crippen molar-refractivity contribution >= 4 is 48.9 Å². The molecule has 1 fully saturated rings. The third-order valence-electron chi connectivity index (χ3n) is 5.13. The highest BCUT2D eigenvalue weighted by molar-refractivity contribution is 9.10. The van der Waals surface area contributed by atoms with Gasteiger partial charge in [0.25, 0.3) is 10.0 Å². The van der Waals surface area contributed by atoms with E-state index in [-0.39, 0.29) is 10.9 Å². The molecule has 1 heterocycles. The molecule has 8 heteroatoms. The molecule has 0 aliphatic heterocycles. The predicted octanol–water partition coefficient (Wildman–Crippen LogP) is 6.43. The van der Waals surface area contributed by atoms with Crippen molar-refractivity contribution in [1.82, 2.24) is 4.57 Å². The van der Waals surface area contributed by atoms with Gasteiger partial charge in [-0.1, -0.05) is 58.9 Å². The first-order valence-corrected chi connectivity index (χ1v) is 13.0. The Kier molecular flexibility index (Phi) is 6.30. The molecule has 4 nitrogen and oxygen atoms in total. The molecule has 3 aromatic rings. The van der Waals surface area contributed by atoms with Crippen molar-refractivity contribution < 1.29 is 8.42 Å². The highest BCUT2D eigenvalue weighted by atomic mass is 79.9. The molecular formula is C21H20BrClN2O2S2. The summed E-state index contributed by atoms with van der Waals surface area (Å²) in [5.74, 6) is 0. The van der Waals surface area contributed by atoms with E-state index in [9.17, 15) is 8.42 Å². The highest BCUT2D eigenvalue weighted by Gasteiger charge is 2.22. The van der Waals surface area contributed by atoms with Crippen LogP contribution < -0.4 is 4.80 Å². The maximum absolute atomic E-state index is 12.9. The van der Waals surface area contributed by atoms with Gasteiger partial charge in [0.2, 0.25) is 4.80 Å². The molecule has 152 valence electrons. The molecule has 4 rings (SSSR count). The summed E-state index contributed by atoms with van der Waals surface area (Å²) < 4.78 is 33.2. The molecule has 0 N–H and O–H groups in total. The van der Waals surface area contributed by atoms with Crippen LogP contribution in [0, 0.1) is 0 Å². The van der Waals surface area contributed by atoms with Crippen molar-refractivity contribution in [1.29, 1.82) is 0 Å². The molecule has 0 amide bonds. The van der Waals surface area contributed by atoms with Gasteiger partial charge in [-0.25, -0.2) is 0 Å². The normalized spacial score (nSPS) is 16.3. The van der Waals surface area contributed by atoms with E-state index in [0.717, 1.165) is 41.4 Å². The average molecular weight is 512 g/mol. The number of benzene rings is 2. The number of hydrogen-bond donors (Lipinski definition) is 0. The van der Waals surface area contributed by atoms with Gasteiger partial charge in [0.1, 0.15) is 0 Å². The van der Waals surface area contributed by atoms with E-state index in [2.05, 4.69) is 24.9 Å². The Morgan fingerprint density at radius 3 is 2.31 bits per heavy atom. The van der Waals surface area contributed by atoms with Gasteiger partial charge in [-0.2, -0.15) is 8.42 Å². The lowest BCUT2D eigenvalue weighted by Crippen LogP contribution is -2.25. The lowest BCUT2D eigenvalue weighted by Gasteiger charge is -2.25. The molecule has 0 spiro atoms. The molecule has 1 aromatic heterocycles. The third-order valence-corrected chi connectivity index (χ3v) is 8.15. The SMILES string of the molecule is O=S(=O)(N=c1scc(-c2ccc(Br)cc2)n1C1CCCCC1)c1ccc(Cl)cc1. The van der Waals surface area contributed by atoms with Crippen molar-refractivity contribution in [3.8, 4) is 11.3 Å². The van der Waals surface area contributed by atoms with Gasteiger partial charge in [-0.3, -0.25) is 0 Å². The first kappa shape index (κ1) is 20.8. The van der Waals surface area contributed by atoms with Crippen LogP contribution in [0.15, 0.2) is 67.7 Å². The second-order valence-corrected chi connectivity index (χ2v) is 10.9. The maximum atomic E-state index is 12.9. The smallest absolute Gasteiger partial charge is 0.285 e. The minimum Gasteiger partial charge on any atom is -0.313 e. The topological polar surface area (TPSA) is 51.4 Å². The third kappa shape index (κ3) is 4.68. The molecule has 0 atom stereocenters. The van der Waals surface area contributed by atoms with Crippen LogP contribution in [0.4, 0.5) is 0 Å². The summed E-state index contributed by atoms with van der Waals surface area (Å²) in [6.45, 7) is 0. The van der Waals surface area contributed by atoms with Crippen molar-refractivity contribution in [2.75, 3.05) is 0 Å². The molecule has 2 aromatic carbocycles. The summed E-state index contributed by atoms with van der Waals surface area (Å²) in [4.78, 5) is 0.667. The molecule has 0 saturated heterocycles. The molecule has 1 saturated carbocycles. The Balaban J connectivity index is 1.85. The van der Waals surface area contributed by atoms with Crippen LogP contribution in [0.5, 0.6) is 0 Å². The Hall–Kier alpha value is -1.41. The number of sulfonamides is 1. The summed E-state index contributed by atoms with van der Waals surface area (Å²) in [6.07, 6.45) is 5.60. The molecule has 0 radical (unpaired) electrons. The fraction of sp³-hybridized carbons (Fsp3) is 0.286. The maximum Gasteiger partial charge on any atom is 0.285 e. The molecule has 29 heavy (non-hydrogen) atoms. The zero-order chi connectivity index (χ0) is 20.4. The number of thiazole rings is 1. The van der Waals surface area contributed by atoms with Gasteiger partial charge in [0.15, 0.2) is 0 Å². The number of halogens is 2. The van der Waals surface area contributed by atoms with Crippen LogP contribution >= 0.6 is 38.9 Å². The summed E-state index contributed by atoms with van der Waals surface area (Å²) in [6, 6.07) is 14.5. The number of nitrogens with zero attached hydrogens (tertiary/aromatic N) is 2. The second-order valence-electron chi connectivity index (χ2n) is 7.09. The predicted molar refractivity (Wildman–Crippen MR) is 122 cm³/mol. The molecule has 1 aliphatic rings. The van der Waals surface area contributed by atoms with Crippen molar-refractivity contribution in [3.63, 3.8) is 0 Å². The van der Waals surface area contributed by atoms with Crippen LogP contribution in [-0.4, -0.2) is 13.0 Å². The van der Waals surface area contributed by atoms with Crippen LogP contribution in [0.3, 0.4) is 0 Å². The number of rotatable bonds is 4. The van der Waals surface area contributed by atoms with E-state index in [4.69, 9.17) is 11.6 Å². The van der Waals surface area contributed by atoms with E-state index < -0.39 is 10.0 Å². The molecule has 0 unspecified atom stereocenters. The quantitative estimate of drug-likeness (QED) is 0.405. The van der Waals surface area contributed by atoms with Crippen molar-refractivity contribution in [3.05, 3.63) is 68.2 Å². The highest BCUT2D eigenvalue weighted by Crippen LogP contribution is 2.33. The Morgan fingerprint density at radius 1 is 1.00 bits per heavy atom. The number of aromatic nitrogens is 1. The lowest BCUT2D eigenvalue weighted by atomic mass is 9.95. The minimum atomic E-state index is -3.82. The average Bonchev–Trinajstić information content (AvgIpc) is 3.12. The monoisotopic (exact) mass is 510 g/mol. The van der Waals surface area contributed by atoms with Gasteiger partial charge in [0.05, 0.1) is 10.6 Å². The zero-order valence-electron chi connectivity index (χ0n) is 15.6. The van der Waals surface area contributed by atoms with Crippen molar-refractivity contribution in [2.24, 2.45) is 4.40 Å². The standard InChI is InChI=1S/C21H20BrClN2O2S2/c22-16-8-6-15(7-9-16)20-14-28-21(25(20)18-4-2-1-3-5-18)24-29(26,27)19-12-10-17(23)11-13-19/h6-14,18H,1-5H2. The van der Waals surface area contributed by atoms with Gasteiger partial charge >= 0.3 is 0 Å². The van der Waals surface area contributed by atoms with E-state index in [1.165, 1.54) is 29.9 Å². The van der Waals surface area contributed by atoms with E-state index >= 15 is 0 Å². The fourth-order valence-corrected chi connectivity index (χ4v) is 6.24. The second kappa shape index (κ2) is 8.76. The van der Waals surface area contributed by atoms with Crippen LogP contribution in [0.25, 0.3) is 11.3 Å². The minimum absolute atomic E-state index is 0.149. The van der Waals surface area contributed by atoms with Crippen LogP contribution in [0.1, 0.15) is 38.1 Å². The van der Waals surface area contributed by atoms with Crippen molar-refractivity contribution in [2.45, 2.75) is 43.0 Å². The summed E-state index contributed by atoms with van der Waals surface area (Å²) in [7, 11) is -3.82. The first-order valence-electron chi connectivity index (χ1n) is 9.46. The number of hydrogen-bond acceptors (Lipinski definition) is 3. The van der Waals surface area contributed by atoms with E-state index in [1.807, 2.05) is 29.6 Å². The van der Waals surface area contributed by atoms with Crippen LogP contribution in [0.2, 0.25) is 5.02 Å². The van der Waals surface area contributed by atoms with Gasteiger partial charge in [-0.15, -0.1) is 15.7 Å². The van der Waals surface area contributed by atoms with Gasteiger partial charge in [0, 0.05) is 20.9 Å². The summed E-state index contributed by atoms with van der Waals surface area (Å²) in [5, 5.41) is 2.50. The van der Waals surface area contributed by atoms with E-state index in [1.54, 1.807) is 12.1 Å². The largest absolute Gasteiger partial charge is 0.313 e. The summed E-state index contributed by atoms with van der Waals surface area (Å²) in [5.41, 5.74) is 2.07. The van der Waals surface area contributed by atoms with E-state index in [0.29, 0.717) is 9.82 Å². The fourth-order valence-electron chi connectivity index (χ4n) is 3.67. The Labute approximate surface area is 188 Å². The zero-order valence-corrected chi connectivity index (χ0v) is 19.6. The lowest BCUT2D eigenvalue weighted by molar-refractivity contribution is 0.351. The van der Waals surface area contributed by atoms with Gasteiger partial charge < -0.3 is 4.57 Å². The Bertz CT molecular complexity index is 1160. The van der Waals surface area contributed by atoms with Crippen LogP contribution in [-0.2, 0) is 10.0 Å². The first-order chi connectivity index (χ1) is 13.9.